The Morgan fingerprint density at radius 3 is 2.90 bits per heavy atom. The Kier molecular flexibility index (Phi) is 4.81. The summed E-state index contributed by atoms with van der Waals surface area (Å²) < 4.78 is 6.16. The third-order valence-corrected chi connectivity index (χ3v) is 5.74. The van der Waals surface area contributed by atoms with Crippen molar-refractivity contribution < 1.29 is 14.3 Å². The number of nitrogens with zero attached hydrogens (tertiary/aromatic N) is 3. The first-order valence-corrected chi connectivity index (χ1v) is 10.1. The van der Waals surface area contributed by atoms with Gasteiger partial charge in [-0.1, -0.05) is 18.2 Å². The van der Waals surface area contributed by atoms with Crippen LogP contribution < -0.4 is 10.1 Å². The highest BCUT2D eigenvalue weighted by Crippen LogP contribution is 2.42. The minimum absolute atomic E-state index is 0.0721. The van der Waals surface area contributed by atoms with E-state index in [2.05, 4.69) is 21.5 Å². The Hall–Kier alpha value is -2.88. The molecule has 1 aromatic rings. The number of carbonyl (C=O) groups excluding carboxylic acids is 2. The van der Waals surface area contributed by atoms with Crippen molar-refractivity contribution in [2.24, 2.45) is 10.2 Å². The van der Waals surface area contributed by atoms with Gasteiger partial charge in [0.25, 0.3) is 0 Å². The van der Waals surface area contributed by atoms with Crippen molar-refractivity contribution in [1.29, 1.82) is 0 Å². The maximum atomic E-state index is 13.1. The lowest BCUT2D eigenvalue weighted by atomic mass is 9.95. The second-order valence-electron chi connectivity index (χ2n) is 8.54. The molecule has 0 bridgehead atoms. The van der Waals surface area contributed by atoms with Gasteiger partial charge >= 0.3 is 0 Å². The molecule has 1 atom stereocenters. The van der Waals surface area contributed by atoms with Crippen molar-refractivity contribution in [1.82, 2.24) is 10.2 Å². The van der Waals surface area contributed by atoms with Crippen LogP contribution in [0.1, 0.15) is 56.7 Å². The fraction of sp³-hybridized carbons (Fsp3) is 0.545. The van der Waals surface area contributed by atoms with Crippen molar-refractivity contribution in [3.8, 4) is 18.1 Å². The summed E-state index contributed by atoms with van der Waals surface area (Å²) in [5.74, 6) is 3.08. The van der Waals surface area contributed by atoms with Gasteiger partial charge in [-0.15, -0.1) is 12.3 Å². The monoisotopic (exact) mass is 394 g/mol. The molecule has 0 spiro atoms. The molecular formula is C22H26N4O3. The summed E-state index contributed by atoms with van der Waals surface area (Å²) in [6.45, 7) is 4.96. The molecule has 1 unspecified atom stereocenters. The number of terminal acetylenes is 1. The lowest BCUT2D eigenvalue weighted by Gasteiger charge is -2.36. The average molecular weight is 394 g/mol. The number of hydrogen-bond acceptors (Lipinski definition) is 5. The van der Waals surface area contributed by atoms with Gasteiger partial charge in [-0.25, -0.2) is 0 Å². The molecule has 2 amide bonds. The SMILES string of the molecule is C#CCCC1(CCC(=O)N2CCNC(=O)C2c2cccc3c2OC(C)(C)C3)N=N1. The molecule has 1 N–H and O–H groups in total. The van der Waals surface area contributed by atoms with Crippen LogP contribution in [-0.2, 0) is 16.0 Å². The van der Waals surface area contributed by atoms with Gasteiger partial charge in [0.1, 0.15) is 17.4 Å². The molecule has 0 aliphatic carbocycles. The average Bonchev–Trinajstić information content (AvgIpc) is 3.38. The van der Waals surface area contributed by atoms with Crippen molar-refractivity contribution in [2.75, 3.05) is 13.1 Å². The summed E-state index contributed by atoms with van der Waals surface area (Å²) in [6, 6.07) is 5.15. The smallest absolute Gasteiger partial charge is 0.247 e. The predicted molar refractivity (Wildman–Crippen MR) is 107 cm³/mol. The number of rotatable bonds is 6. The Morgan fingerprint density at radius 1 is 1.38 bits per heavy atom. The van der Waals surface area contributed by atoms with Gasteiger partial charge in [-0.2, -0.15) is 10.2 Å². The zero-order valence-electron chi connectivity index (χ0n) is 16.9. The maximum absolute atomic E-state index is 13.1. The number of hydrogen-bond donors (Lipinski definition) is 1. The standard InChI is InChI=1S/C22H26N4O3/c1-4-5-10-22(24-25-22)11-9-17(27)26-13-12-23-20(28)18(26)16-8-6-7-15-14-21(2,3)29-19(15)16/h1,6-8,18H,5,9-14H2,2-3H3,(H,23,28). The first kappa shape index (κ1) is 19.4. The van der Waals surface area contributed by atoms with Crippen LogP contribution in [0.15, 0.2) is 28.4 Å². The van der Waals surface area contributed by atoms with E-state index in [1.165, 1.54) is 0 Å². The molecule has 7 heteroatoms. The predicted octanol–water partition coefficient (Wildman–Crippen LogP) is 2.76. The molecule has 29 heavy (non-hydrogen) atoms. The molecule has 4 rings (SSSR count). The number of amides is 2. The van der Waals surface area contributed by atoms with Gasteiger partial charge in [0.05, 0.1) is 0 Å². The van der Waals surface area contributed by atoms with Crippen molar-refractivity contribution in [2.45, 2.75) is 63.3 Å². The van der Waals surface area contributed by atoms with Gasteiger partial charge in [-0.3, -0.25) is 9.59 Å². The third kappa shape index (κ3) is 3.84. The highest BCUT2D eigenvalue weighted by molar-refractivity contribution is 5.90. The summed E-state index contributed by atoms with van der Waals surface area (Å²) in [5, 5.41) is 11.1. The molecule has 1 fully saturated rings. The van der Waals surface area contributed by atoms with Crippen LogP contribution in [0.4, 0.5) is 0 Å². The van der Waals surface area contributed by atoms with E-state index in [0.717, 1.165) is 23.3 Å². The van der Waals surface area contributed by atoms with E-state index in [4.69, 9.17) is 11.2 Å². The van der Waals surface area contributed by atoms with Crippen molar-refractivity contribution in [3.05, 3.63) is 29.3 Å². The molecule has 7 nitrogen and oxygen atoms in total. The molecule has 3 aliphatic heterocycles. The second-order valence-corrected chi connectivity index (χ2v) is 8.54. The molecule has 0 saturated carbocycles. The van der Waals surface area contributed by atoms with Crippen LogP contribution in [0.5, 0.6) is 5.75 Å². The summed E-state index contributed by atoms with van der Waals surface area (Å²) in [6.07, 6.45) is 8.16. The van der Waals surface area contributed by atoms with E-state index in [-0.39, 0.29) is 23.8 Å². The van der Waals surface area contributed by atoms with Crippen molar-refractivity contribution in [3.63, 3.8) is 0 Å². The number of piperazine rings is 1. The van der Waals surface area contributed by atoms with E-state index in [1.54, 1.807) is 4.90 Å². The van der Waals surface area contributed by atoms with E-state index >= 15 is 0 Å². The Balaban J connectivity index is 1.53. The molecule has 3 heterocycles. The summed E-state index contributed by atoms with van der Waals surface area (Å²) in [7, 11) is 0. The first-order valence-electron chi connectivity index (χ1n) is 10.1. The second kappa shape index (κ2) is 7.18. The number of para-hydroxylation sites is 1. The Morgan fingerprint density at radius 2 is 2.17 bits per heavy atom. The number of carbonyl (C=O) groups is 2. The van der Waals surface area contributed by atoms with Crippen LogP contribution in [0, 0.1) is 12.3 Å². The van der Waals surface area contributed by atoms with Crippen LogP contribution in [0.25, 0.3) is 0 Å². The summed E-state index contributed by atoms with van der Waals surface area (Å²) in [4.78, 5) is 27.6. The molecule has 1 aromatic carbocycles. The summed E-state index contributed by atoms with van der Waals surface area (Å²) >= 11 is 0. The van der Waals surface area contributed by atoms with Gasteiger partial charge in [0, 0.05) is 50.8 Å². The fourth-order valence-electron chi connectivity index (χ4n) is 4.22. The maximum Gasteiger partial charge on any atom is 0.247 e. The number of nitrogens with one attached hydrogen (secondary N) is 1. The zero-order chi connectivity index (χ0) is 20.6. The van der Waals surface area contributed by atoms with Gasteiger partial charge < -0.3 is 15.0 Å². The number of ether oxygens (including phenoxy) is 1. The lowest BCUT2D eigenvalue weighted by molar-refractivity contribution is -0.143. The van der Waals surface area contributed by atoms with Gasteiger partial charge in [0.2, 0.25) is 11.8 Å². The molecular weight excluding hydrogens is 368 g/mol. The number of benzene rings is 1. The highest BCUT2D eigenvalue weighted by Gasteiger charge is 2.43. The largest absolute Gasteiger partial charge is 0.487 e. The quantitative estimate of drug-likeness (QED) is 0.753. The highest BCUT2D eigenvalue weighted by atomic mass is 16.5. The molecule has 152 valence electrons. The van der Waals surface area contributed by atoms with E-state index < -0.39 is 11.7 Å². The number of fused-ring (bicyclic) bond motifs is 1. The van der Waals surface area contributed by atoms with Crippen LogP contribution in [0.3, 0.4) is 0 Å². The Bertz CT molecular complexity index is 909. The van der Waals surface area contributed by atoms with Crippen molar-refractivity contribution >= 4 is 11.8 Å². The zero-order valence-corrected chi connectivity index (χ0v) is 16.9. The minimum atomic E-state index is -0.685. The lowest BCUT2D eigenvalue weighted by Crippen LogP contribution is -2.52. The molecule has 0 radical (unpaired) electrons. The first-order chi connectivity index (χ1) is 13.8. The topological polar surface area (TPSA) is 83.4 Å². The fourth-order valence-corrected chi connectivity index (χ4v) is 4.22. The normalized spacial score (nSPS) is 23.0. The van der Waals surface area contributed by atoms with Crippen LogP contribution >= 0.6 is 0 Å². The van der Waals surface area contributed by atoms with E-state index in [1.807, 2.05) is 32.0 Å². The molecule has 1 saturated heterocycles. The van der Waals surface area contributed by atoms with Gasteiger partial charge in [0.15, 0.2) is 5.66 Å². The van der Waals surface area contributed by atoms with Gasteiger partial charge in [-0.05, 0) is 19.4 Å². The molecule has 3 aliphatic rings. The van der Waals surface area contributed by atoms with Crippen LogP contribution in [0.2, 0.25) is 0 Å². The summed E-state index contributed by atoms with van der Waals surface area (Å²) in [5.41, 5.74) is 0.997. The van der Waals surface area contributed by atoms with E-state index in [0.29, 0.717) is 32.4 Å². The minimum Gasteiger partial charge on any atom is -0.487 e. The van der Waals surface area contributed by atoms with E-state index in [9.17, 15) is 9.59 Å². The van der Waals surface area contributed by atoms with Crippen LogP contribution in [-0.4, -0.2) is 41.1 Å². The Labute approximate surface area is 170 Å². The molecule has 0 aromatic heterocycles. The third-order valence-electron chi connectivity index (χ3n) is 5.74.